The summed E-state index contributed by atoms with van der Waals surface area (Å²) in [5.74, 6) is 1.12. The molecule has 25 heavy (non-hydrogen) atoms. The predicted molar refractivity (Wildman–Crippen MR) is 103 cm³/mol. The van der Waals surface area contributed by atoms with E-state index in [1.807, 2.05) is 49.5 Å². The van der Waals surface area contributed by atoms with E-state index in [9.17, 15) is 0 Å². The average molecular weight is 394 g/mol. The molecule has 0 unspecified atom stereocenters. The molecule has 0 amide bonds. The van der Waals surface area contributed by atoms with Gasteiger partial charge in [-0.3, -0.25) is 0 Å². The van der Waals surface area contributed by atoms with Gasteiger partial charge in [-0.2, -0.15) is 0 Å². The van der Waals surface area contributed by atoms with Crippen molar-refractivity contribution >= 4 is 39.0 Å². The fraction of sp³-hybridized carbons (Fsp3) is 0.100. The van der Waals surface area contributed by atoms with Gasteiger partial charge in [0.05, 0.1) is 6.42 Å². The van der Waals surface area contributed by atoms with Gasteiger partial charge in [-0.05, 0) is 29.8 Å². The van der Waals surface area contributed by atoms with Crippen LogP contribution >= 0.6 is 15.9 Å². The lowest BCUT2D eigenvalue weighted by molar-refractivity contribution is 0.496. The molecular weight excluding hydrogens is 378 g/mol. The first-order chi connectivity index (χ1) is 12.2. The molecule has 5 heteroatoms. The molecule has 0 saturated heterocycles. The molecule has 124 valence electrons. The van der Waals surface area contributed by atoms with Crippen molar-refractivity contribution in [1.29, 1.82) is 0 Å². The van der Waals surface area contributed by atoms with E-state index in [0.717, 1.165) is 15.6 Å². The van der Waals surface area contributed by atoms with Crippen molar-refractivity contribution < 1.29 is 4.42 Å². The van der Waals surface area contributed by atoms with Gasteiger partial charge >= 0.3 is 0 Å². The third-order valence-electron chi connectivity index (χ3n) is 4.06. The van der Waals surface area contributed by atoms with Crippen molar-refractivity contribution in [2.45, 2.75) is 6.42 Å². The Balaban J connectivity index is 1.55. The zero-order valence-corrected chi connectivity index (χ0v) is 15.3. The lowest BCUT2D eigenvalue weighted by Gasteiger charge is -1.97. The molecule has 4 aromatic rings. The Morgan fingerprint density at radius 2 is 1.96 bits per heavy atom. The van der Waals surface area contributed by atoms with Crippen molar-refractivity contribution in [2.24, 2.45) is 7.05 Å². The van der Waals surface area contributed by atoms with Crippen LogP contribution in [0.25, 0.3) is 23.1 Å². The molecule has 0 aliphatic rings. The Morgan fingerprint density at radius 3 is 2.84 bits per heavy atom. The van der Waals surface area contributed by atoms with Crippen molar-refractivity contribution in [3.63, 3.8) is 0 Å². The monoisotopic (exact) mass is 393 g/mol. The highest BCUT2D eigenvalue weighted by molar-refractivity contribution is 9.10. The molecule has 0 saturated carbocycles. The Labute approximate surface area is 153 Å². The highest BCUT2D eigenvalue weighted by Crippen LogP contribution is 2.22. The minimum absolute atomic E-state index is 0.512. The smallest absolute Gasteiger partial charge is 0.240 e. The quantitative estimate of drug-likeness (QED) is 0.485. The highest BCUT2D eigenvalue weighted by atomic mass is 79.9. The first-order valence-electron chi connectivity index (χ1n) is 7.98. The Bertz CT molecular complexity index is 1060. The van der Waals surface area contributed by atoms with Crippen LogP contribution in [0.5, 0.6) is 0 Å². The standard InChI is InChI=1S/C20H16BrN3O/c1-24-13-15(17-7-2-3-8-18(17)24)9-10-19-22-23-20(25-19)12-14-5-4-6-16(21)11-14/h2-11,13H,12H2,1H3/b10-9+. The second-order valence-corrected chi connectivity index (χ2v) is 6.80. The van der Waals surface area contributed by atoms with Crippen LogP contribution in [0.2, 0.25) is 0 Å². The normalized spacial score (nSPS) is 11.6. The van der Waals surface area contributed by atoms with E-state index in [2.05, 4.69) is 55.1 Å². The predicted octanol–water partition coefficient (Wildman–Crippen LogP) is 5.09. The molecule has 0 atom stereocenters. The van der Waals surface area contributed by atoms with Crippen LogP contribution < -0.4 is 0 Å². The number of halogens is 1. The summed E-state index contributed by atoms with van der Waals surface area (Å²) in [5.41, 5.74) is 3.45. The van der Waals surface area contributed by atoms with Gasteiger partial charge in [0.25, 0.3) is 0 Å². The molecule has 0 aliphatic heterocycles. The van der Waals surface area contributed by atoms with Gasteiger partial charge in [0.1, 0.15) is 0 Å². The Morgan fingerprint density at radius 1 is 1.08 bits per heavy atom. The number of rotatable bonds is 4. The number of fused-ring (bicyclic) bond motifs is 1. The lowest BCUT2D eigenvalue weighted by Crippen LogP contribution is -1.87. The number of hydrogen-bond acceptors (Lipinski definition) is 3. The molecule has 0 aliphatic carbocycles. The van der Waals surface area contributed by atoms with Crippen molar-refractivity contribution in [3.05, 3.63) is 82.1 Å². The van der Waals surface area contributed by atoms with Gasteiger partial charge in [-0.25, -0.2) is 0 Å². The first kappa shape index (κ1) is 15.8. The number of aromatic nitrogens is 3. The van der Waals surface area contributed by atoms with E-state index < -0.39 is 0 Å². The van der Waals surface area contributed by atoms with Crippen molar-refractivity contribution in [3.8, 4) is 0 Å². The lowest BCUT2D eigenvalue weighted by atomic mass is 10.1. The molecule has 0 radical (unpaired) electrons. The van der Waals surface area contributed by atoms with E-state index >= 15 is 0 Å². The minimum atomic E-state index is 0.512. The molecule has 4 rings (SSSR count). The van der Waals surface area contributed by atoms with Crippen LogP contribution in [-0.4, -0.2) is 14.8 Å². The second-order valence-electron chi connectivity index (χ2n) is 5.89. The fourth-order valence-electron chi connectivity index (χ4n) is 2.89. The zero-order chi connectivity index (χ0) is 17.2. The van der Waals surface area contributed by atoms with Gasteiger partial charge in [-0.1, -0.05) is 46.3 Å². The summed E-state index contributed by atoms with van der Waals surface area (Å²) in [4.78, 5) is 0. The second kappa shape index (κ2) is 6.69. The van der Waals surface area contributed by atoms with Gasteiger partial charge in [-0.15, -0.1) is 10.2 Å². The number of hydrogen-bond donors (Lipinski definition) is 0. The van der Waals surface area contributed by atoms with Crippen LogP contribution in [0, 0.1) is 0 Å². The summed E-state index contributed by atoms with van der Waals surface area (Å²) in [6.45, 7) is 0. The van der Waals surface area contributed by atoms with E-state index in [0.29, 0.717) is 18.2 Å². The van der Waals surface area contributed by atoms with Crippen LogP contribution in [0.1, 0.15) is 22.9 Å². The van der Waals surface area contributed by atoms with E-state index in [1.165, 1.54) is 10.9 Å². The molecular formula is C20H16BrN3O. The average Bonchev–Trinajstić information content (AvgIpc) is 3.18. The van der Waals surface area contributed by atoms with Crippen LogP contribution in [0.4, 0.5) is 0 Å². The number of nitrogens with zero attached hydrogens (tertiary/aromatic N) is 3. The molecule has 0 bridgehead atoms. The number of aryl methyl sites for hydroxylation is 1. The fourth-order valence-corrected chi connectivity index (χ4v) is 3.34. The van der Waals surface area contributed by atoms with E-state index in [-0.39, 0.29) is 0 Å². The van der Waals surface area contributed by atoms with Crippen LogP contribution in [0.3, 0.4) is 0 Å². The summed E-state index contributed by atoms with van der Waals surface area (Å²) in [6, 6.07) is 16.4. The third kappa shape index (κ3) is 3.42. The van der Waals surface area contributed by atoms with E-state index in [4.69, 9.17) is 4.42 Å². The minimum Gasteiger partial charge on any atom is -0.421 e. The maximum Gasteiger partial charge on any atom is 0.240 e. The van der Waals surface area contributed by atoms with Crippen LogP contribution in [-0.2, 0) is 13.5 Å². The van der Waals surface area contributed by atoms with E-state index in [1.54, 1.807) is 0 Å². The van der Waals surface area contributed by atoms with Gasteiger partial charge in [0.15, 0.2) is 0 Å². The molecule has 4 nitrogen and oxygen atoms in total. The number of para-hydroxylation sites is 1. The first-order valence-corrected chi connectivity index (χ1v) is 8.77. The number of benzene rings is 2. The molecule has 2 heterocycles. The molecule has 0 spiro atoms. The van der Waals surface area contributed by atoms with Gasteiger partial charge < -0.3 is 8.98 Å². The van der Waals surface area contributed by atoms with Crippen molar-refractivity contribution in [2.75, 3.05) is 0 Å². The summed E-state index contributed by atoms with van der Waals surface area (Å²) in [7, 11) is 2.04. The van der Waals surface area contributed by atoms with Crippen LogP contribution in [0.15, 0.2) is 63.6 Å². The summed E-state index contributed by atoms with van der Waals surface area (Å²) in [5, 5.41) is 9.45. The largest absolute Gasteiger partial charge is 0.421 e. The molecule has 2 aromatic carbocycles. The van der Waals surface area contributed by atoms with Gasteiger partial charge in [0.2, 0.25) is 11.8 Å². The van der Waals surface area contributed by atoms with Crippen molar-refractivity contribution in [1.82, 2.24) is 14.8 Å². The summed E-state index contributed by atoms with van der Waals surface area (Å²) >= 11 is 3.47. The topological polar surface area (TPSA) is 43.9 Å². The SMILES string of the molecule is Cn1cc(/C=C/c2nnc(Cc3cccc(Br)c3)o2)c2ccccc21. The zero-order valence-electron chi connectivity index (χ0n) is 13.7. The summed E-state index contributed by atoms with van der Waals surface area (Å²) < 4.78 is 8.89. The Kier molecular flexibility index (Phi) is 4.24. The maximum absolute atomic E-state index is 5.74. The third-order valence-corrected chi connectivity index (χ3v) is 4.55. The molecule has 0 N–H and O–H groups in total. The highest BCUT2D eigenvalue weighted by Gasteiger charge is 2.07. The maximum atomic E-state index is 5.74. The Hall–Kier alpha value is -2.66. The molecule has 0 fully saturated rings. The molecule has 2 aromatic heterocycles. The van der Waals surface area contributed by atoms with Gasteiger partial charge in [0, 0.05) is 40.3 Å². The summed E-state index contributed by atoms with van der Waals surface area (Å²) in [6.07, 6.45) is 6.59.